The van der Waals surface area contributed by atoms with Crippen molar-refractivity contribution in [2.24, 2.45) is 0 Å². The molecular formula is C6H13FO2Si. The van der Waals surface area contributed by atoms with Gasteiger partial charge in [0.1, 0.15) is 0 Å². The summed E-state index contributed by atoms with van der Waals surface area (Å²) < 4.78 is 16.8. The molecule has 0 aliphatic rings. The van der Waals surface area contributed by atoms with Crippen molar-refractivity contribution < 1.29 is 13.6 Å². The molecule has 0 atom stereocenters. The van der Waals surface area contributed by atoms with Crippen molar-refractivity contribution in [2.75, 3.05) is 6.61 Å². The molecule has 0 aromatic heterocycles. The Kier molecular flexibility index (Phi) is 3.56. The van der Waals surface area contributed by atoms with Gasteiger partial charge in [-0.3, -0.25) is 4.79 Å². The van der Waals surface area contributed by atoms with Gasteiger partial charge in [0.15, 0.2) is 0 Å². The predicted molar refractivity (Wildman–Crippen MR) is 40.3 cm³/mol. The van der Waals surface area contributed by atoms with Crippen LogP contribution in [0.1, 0.15) is 20.8 Å². The van der Waals surface area contributed by atoms with Crippen LogP contribution in [-0.4, -0.2) is 22.4 Å². The molecule has 0 rings (SSSR count). The van der Waals surface area contributed by atoms with Gasteiger partial charge in [0.2, 0.25) is 9.85 Å². The van der Waals surface area contributed by atoms with Gasteiger partial charge < -0.3 is 8.84 Å². The molecule has 0 bridgehead atoms. The van der Waals surface area contributed by atoms with E-state index in [-0.39, 0.29) is 0 Å². The van der Waals surface area contributed by atoms with Gasteiger partial charge in [-0.1, -0.05) is 0 Å². The van der Waals surface area contributed by atoms with Gasteiger partial charge in [0, 0.05) is 0 Å². The van der Waals surface area contributed by atoms with Crippen LogP contribution in [0.5, 0.6) is 0 Å². The van der Waals surface area contributed by atoms with E-state index < -0.39 is 20.9 Å². The van der Waals surface area contributed by atoms with Crippen LogP contribution in [0.2, 0.25) is 5.04 Å². The molecule has 0 aliphatic heterocycles. The molecule has 2 nitrogen and oxygen atoms in total. The fourth-order valence-corrected chi connectivity index (χ4v) is 0.592. The standard InChI is InChI=1S/C6H13FO2Si/c1-4-9-5(8)6(2,3)10-7/h4,10H2,1-3H3. The Balaban J connectivity index is 3.91. The van der Waals surface area contributed by atoms with Crippen molar-refractivity contribution in [3.63, 3.8) is 0 Å². The molecule has 0 N–H and O–H groups in total. The lowest BCUT2D eigenvalue weighted by atomic mass is 10.2. The van der Waals surface area contributed by atoms with E-state index in [2.05, 4.69) is 4.74 Å². The van der Waals surface area contributed by atoms with Crippen molar-refractivity contribution >= 4 is 15.8 Å². The molecule has 0 fully saturated rings. The zero-order valence-corrected chi connectivity index (χ0v) is 8.02. The molecule has 0 saturated heterocycles. The number of hydrogen-bond acceptors (Lipinski definition) is 2. The maximum Gasteiger partial charge on any atom is 0.310 e. The lowest BCUT2D eigenvalue weighted by Gasteiger charge is -2.16. The third-order valence-corrected chi connectivity index (χ3v) is 2.12. The molecule has 10 heavy (non-hydrogen) atoms. The predicted octanol–water partition coefficient (Wildman–Crippen LogP) is 0.801. The molecule has 0 unspecified atom stereocenters. The van der Waals surface area contributed by atoms with Crippen LogP contribution in [0.3, 0.4) is 0 Å². The first-order valence-corrected chi connectivity index (χ1v) is 4.52. The highest BCUT2D eigenvalue weighted by Crippen LogP contribution is 2.24. The number of ether oxygens (including phenoxy) is 1. The van der Waals surface area contributed by atoms with Crippen LogP contribution in [0.25, 0.3) is 0 Å². The minimum absolute atomic E-state index is 0.330. The number of carbonyl (C=O) groups excluding carboxylic acids is 1. The summed E-state index contributed by atoms with van der Waals surface area (Å²) in [4.78, 5) is 10.9. The molecular weight excluding hydrogens is 151 g/mol. The Morgan fingerprint density at radius 2 is 2.20 bits per heavy atom. The molecule has 4 heteroatoms. The van der Waals surface area contributed by atoms with E-state index in [4.69, 9.17) is 0 Å². The maximum absolute atomic E-state index is 12.2. The smallest absolute Gasteiger partial charge is 0.310 e. The second-order valence-electron chi connectivity index (χ2n) is 2.74. The van der Waals surface area contributed by atoms with Gasteiger partial charge >= 0.3 is 5.97 Å². The molecule has 0 aliphatic carbocycles. The van der Waals surface area contributed by atoms with Crippen LogP contribution in [0, 0.1) is 0 Å². The van der Waals surface area contributed by atoms with E-state index >= 15 is 0 Å². The van der Waals surface area contributed by atoms with Gasteiger partial charge in [0.25, 0.3) is 0 Å². The van der Waals surface area contributed by atoms with Crippen LogP contribution >= 0.6 is 0 Å². The molecule has 0 aromatic carbocycles. The maximum atomic E-state index is 12.2. The zero-order chi connectivity index (χ0) is 8.20. The highest BCUT2D eigenvalue weighted by atomic mass is 28.3. The third-order valence-electron chi connectivity index (χ3n) is 1.16. The largest absolute Gasteiger partial charge is 0.466 e. The van der Waals surface area contributed by atoms with E-state index in [1.807, 2.05) is 0 Å². The Bertz CT molecular complexity index is 125. The van der Waals surface area contributed by atoms with Gasteiger partial charge in [0.05, 0.1) is 11.6 Å². The lowest BCUT2D eigenvalue weighted by Crippen LogP contribution is -2.23. The van der Waals surface area contributed by atoms with Gasteiger partial charge in [-0.25, -0.2) is 0 Å². The Morgan fingerprint density at radius 3 is 2.50 bits per heavy atom. The Morgan fingerprint density at radius 1 is 1.70 bits per heavy atom. The van der Waals surface area contributed by atoms with Crippen molar-refractivity contribution in [3.8, 4) is 0 Å². The van der Waals surface area contributed by atoms with Crippen LogP contribution in [0.15, 0.2) is 0 Å². The summed E-state index contributed by atoms with van der Waals surface area (Å²) in [5, 5.41) is -0.837. The number of halogens is 1. The Labute approximate surface area is 62.8 Å². The summed E-state index contributed by atoms with van der Waals surface area (Å²) in [6, 6.07) is 0. The van der Waals surface area contributed by atoms with Crippen molar-refractivity contribution in [1.29, 1.82) is 0 Å². The second kappa shape index (κ2) is 3.70. The zero-order valence-electron chi connectivity index (χ0n) is 6.61. The van der Waals surface area contributed by atoms with E-state index in [1.54, 1.807) is 20.8 Å². The molecule has 0 aromatic rings. The first-order valence-electron chi connectivity index (χ1n) is 3.27. The van der Waals surface area contributed by atoms with Gasteiger partial charge in [-0.2, -0.15) is 0 Å². The molecule has 0 heterocycles. The van der Waals surface area contributed by atoms with Crippen LogP contribution in [-0.2, 0) is 9.53 Å². The van der Waals surface area contributed by atoms with Crippen molar-refractivity contribution in [1.82, 2.24) is 0 Å². The van der Waals surface area contributed by atoms with E-state index in [9.17, 15) is 8.90 Å². The van der Waals surface area contributed by atoms with Crippen molar-refractivity contribution in [3.05, 3.63) is 0 Å². The highest BCUT2D eigenvalue weighted by Gasteiger charge is 2.29. The first-order chi connectivity index (χ1) is 4.54. The number of carbonyl (C=O) groups is 1. The lowest BCUT2D eigenvalue weighted by molar-refractivity contribution is -0.146. The van der Waals surface area contributed by atoms with E-state index in [1.165, 1.54) is 0 Å². The van der Waals surface area contributed by atoms with Crippen LogP contribution in [0.4, 0.5) is 4.11 Å². The fraction of sp³-hybridized carbons (Fsp3) is 0.833. The summed E-state index contributed by atoms with van der Waals surface area (Å²) in [7, 11) is -1.80. The quantitative estimate of drug-likeness (QED) is 0.350. The second-order valence-corrected chi connectivity index (χ2v) is 4.77. The third kappa shape index (κ3) is 2.47. The van der Waals surface area contributed by atoms with E-state index in [0.29, 0.717) is 6.61 Å². The molecule has 60 valence electrons. The number of esters is 1. The monoisotopic (exact) mass is 164 g/mol. The summed E-state index contributed by atoms with van der Waals surface area (Å²) >= 11 is 0. The Hall–Kier alpha value is -0.383. The SMILES string of the molecule is CCOC(=O)C(C)(C)[SiH2]F. The van der Waals surface area contributed by atoms with Crippen molar-refractivity contribution in [2.45, 2.75) is 25.8 Å². The van der Waals surface area contributed by atoms with Gasteiger partial charge in [-0.15, -0.1) is 0 Å². The molecule has 0 amide bonds. The van der Waals surface area contributed by atoms with Gasteiger partial charge in [-0.05, 0) is 20.8 Å². The minimum atomic E-state index is -1.80. The summed E-state index contributed by atoms with van der Waals surface area (Å²) in [5.41, 5.74) is 0. The summed E-state index contributed by atoms with van der Waals surface area (Å²) in [5.74, 6) is -0.413. The number of rotatable bonds is 3. The highest BCUT2D eigenvalue weighted by molar-refractivity contribution is 6.39. The summed E-state index contributed by atoms with van der Waals surface area (Å²) in [6.45, 7) is 5.21. The summed E-state index contributed by atoms with van der Waals surface area (Å²) in [6.07, 6.45) is 0. The molecule has 0 radical (unpaired) electrons. The molecule has 0 saturated carbocycles. The number of hydrogen-bond donors (Lipinski definition) is 0. The van der Waals surface area contributed by atoms with E-state index in [0.717, 1.165) is 0 Å². The average Bonchev–Trinajstić information content (AvgIpc) is 1.89. The molecule has 0 spiro atoms. The minimum Gasteiger partial charge on any atom is -0.466 e. The fourth-order valence-electron chi connectivity index (χ4n) is 0.381. The normalized spacial score (nSPS) is 12.4. The topological polar surface area (TPSA) is 26.3 Å². The average molecular weight is 164 g/mol. The van der Waals surface area contributed by atoms with Crippen LogP contribution < -0.4 is 0 Å². The first kappa shape index (κ1) is 9.62.